The van der Waals surface area contributed by atoms with Crippen LogP contribution in [-0.4, -0.2) is 30.7 Å². The second-order valence-corrected chi connectivity index (χ2v) is 6.49. The van der Waals surface area contributed by atoms with Crippen LogP contribution in [0.1, 0.15) is 23.7 Å². The maximum atomic E-state index is 13.3. The van der Waals surface area contributed by atoms with Gasteiger partial charge >= 0.3 is 5.69 Å². The third kappa shape index (κ3) is 3.40. The first-order valence-electron chi connectivity index (χ1n) is 8.75. The number of aryl methyl sites for hydroxylation is 2. The third-order valence-corrected chi connectivity index (χ3v) is 4.52. The molecule has 0 spiro atoms. The highest BCUT2D eigenvalue weighted by molar-refractivity contribution is 6.06. The van der Waals surface area contributed by atoms with Gasteiger partial charge in [0.1, 0.15) is 23.8 Å². The van der Waals surface area contributed by atoms with Gasteiger partial charge < -0.3 is 9.36 Å². The van der Waals surface area contributed by atoms with Crippen LogP contribution in [0.2, 0.25) is 0 Å². The number of oxime groups is 1. The van der Waals surface area contributed by atoms with Crippen LogP contribution >= 0.6 is 0 Å². The molecule has 0 saturated heterocycles. The number of aromatic nitrogens is 5. The molecule has 0 unspecified atom stereocenters. The van der Waals surface area contributed by atoms with Gasteiger partial charge in [-0.15, -0.1) is 0 Å². The van der Waals surface area contributed by atoms with Crippen LogP contribution in [0, 0.1) is 12.7 Å². The minimum atomic E-state index is -0.405. The average molecular weight is 396 g/mol. The van der Waals surface area contributed by atoms with E-state index in [0.29, 0.717) is 28.1 Å². The van der Waals surface area contributed by atoms with E-state index in [-0.39, 0.29) is 12.3 Å². The van der Waals surface area contributed by atoms with Crippen LogP contribution < -0.4 is 5.69 Å². The third-order valence-electron chi connectivity index (χ3n) is 4.52. The number of benzene rings is 2. The van der Waals surface area contributed by atoms with Crippen LogP contribution in [0.25, 0.3) is 16.7 Å². The summed E-state index contributed by atoms with van der Waals surface area (Å²) in [5.41, 5.74) is 3.14. The maximum Gasteiger partial charge on any atom is 0.368 e. The van der Waals surface area contributed by atoms with E-state index in [1.807, 2.05) is 19.1 Å². The van der Waals surface area contributed by atoms with Crippen molar-refractivity contribution in [3.05, 3.63) is 69.5 Å². The molecule has 0 saturated carbocycles. The van der Waals surface area contributed by atoms with E-state index < -0.39 is 5.82 Å². The number of hydrogen-bond acceptors (Lipinski definition) is 7. The number of halogens is 1. The van der Waals surface area contributed by atoms with E-state index in [1.165, 1.54) is 23.9 Å². The molecule has 0 radical (unpaired) electrons. The Labute approximate surface area is 164 Å². The number of hydrogen-bond donors (Lipinski definition) is 0. The zero-order chi connectivity index (χ0) is 20.5. The van der Waals surface area contributed by atoms with Crippen molar-refractivity contribution in [1.82, 2.24) is 24.9 Å². The van der Waals surface area contributed by atoms with E-state index in [0.717, 1.165) is 15.8 Å². The predicted octanol–water partition coefficient (Wildman–Crippen LogP) is 2.50. The van der Waals surface area contributed by atoms with Crippen molar-refractivity contribution < 1.29 is 13.8 Å². The lowest BCUT2D eigenvalue weighted by Crippen LogP contribution is -2.23. The SMILES string of the molecule is C/C(=N/OCc1c(C)cccc1-n1nnn(C)c1=O)c1noc2cc(F)ccc12. The van der Waals surface area contributed by atoms with Gasteiger partial charge in [0.25, 0.3) is 0 Å². The molecular formula is C19H17FN6O3. The van der Waals surface area contributed by atoms with Crippen LogP contribution in [0.4, 0.5) is 4.39 Å². The highest BCUT2D eigenvalue weighted by Gasteiger charge is 2.15. The smallest absolute Gasteiger partial charge is 0.368 e. The second-order valence-electron chi connectivity index (χ2n) is 6.49. The highest BCUT2D eigenvalue weighted by atomic mass is 19.1. The zero-order valence-corrected chi connectivity index (χ0v) is 16.0. The summed E-state index contributed by atoms with van der Waals surface area (Å²) in [7, 11) is 1.53. The highest BCUT2D eigenvalue weighted by Crippen LogP contribution is 2.21. The van der Waals surface area contributed by atoms with Gasteiger partial charge in [0.2, 0.25) is 0 Å². The summed E-state index contributed by atoms with van der Waals surface area (Å²) >= 11 is 0. The number of fused-ring (bicyclic) bond motifs is 1. The van der Waals surface area contributed by atoms with Gasteiger partial charge in [-0.25, -0.2) is 9.18 Å². The molecule has 4 aromatic rings. The van der Waals surface area contributed by atoms with Crippen LogP contribution in [0.15, 0.2) is 50.9 Å². The van der Waals surface area contributed by atoms with Crippen molar-refractivity contribution >= 4 is 16.7 Å². The Bertz CT molecular complexity index is 1290. The molecule has 10 heteroatoms. The molecule has 0 amide bonds. The molecule has 0 aliphatic heterocycles. The first-order chi connectivity index (χ1) is 14.0. The second kappa shape index (κ2) is 7.30. The van der Waals surface area contributed by atoms with Crippen LogP contribution in [-0.2, 0) is 18.5 Å². The Morgan fingerprint density at radius 1 is 1.28 bits per heavy atom. The largest absolute Gasteiger partial charge is 0.391 e. The molecule has 2 aromatic carbocycles. The van der Waals surface area contributed by atoms with Gasteiger partial charge in [0, 0.05) is 18.7 Å². The number of nitrogens with zero attached hydrogens (tertiary/aromatic N) is 6. The Morgan fingerprint density at radius 2 is 2.10 bits per heavy atom. The van der Waals surface area contributed by atoms with Gasteiger partial charge in [-0.1, -0.05) is 22.4 Å². The Hall–Kier alpha value is -3.82. The summed E-state index contributed by atoms with van der Waals surface area (Å²) in [6.07, 6.45) is 0. The fourth-order valence-corrected chi connectivity index (χ4v) is 2.95. The summed E-state index contributed by atoms with van der Waals surface area (Å²) in [6.45, 7) is 3.72. The summed E-state index contributed by atoms with van der Waals surface area (Å²) < 4.78 is 20.8. The molecule has 0 aliphatic carbocycles. The fraction of sp³-hybridized carbons (Fsp3) is 0.211. The summed E-state index contributed by atoms with van der Waals surface area (Å²) in [5.74, 6) is -0.405. The molecule has 0 bridgehead atoms. The molecule has 0 N–H and O–H groups in total. The standard InChI is InChI=1S/C19H17FN6O3/c1-11-5-4-6-16(26-19(27)25(3)23-24-26)15(11)10-28-21-12(2)18-14-8-7-13(20)9-17(14)29-22-18/h4-9H,10H2,1-3H3/b21-12-. The quantitative estimate of drug-likeness (QED) is 0.380. The fourth-order valence-electron chi connectivity index (χ4n) is 2.95. The first-order valence-corrected chi connectivity index (χ1v) is 8.75. The van der Waals surface area contributed by atoms with Crippen molar-refractivity contribution in [3.8, 4) is 5.69 Å². The zero-order valence-electron chi connectivity index (χ0n) is 16.0. The normalized spacial score (nSPS) is 11.9. The topological polar surface area (TPSA) is 100 Å². The molecule has 4 rings (SSSR count). The van der Waals surface area contributed by atoms with Crippen molar-refractivity contribution in [3.63, 3.8) is 0 Å². The van der Waals surface area contributed by atoms with Crippen molar-refractivity contribution in [2.45, 2.75) is 20.5 Å². The van der Waals surface area contributed by atoms with Crippen LogP contribution in [0.5, 0.6) is 0 Å². The van der Waals surface area contributed by atoms with Crippen molar-refractivity contribution in [2.24, 2.45) is 12.2 Å². The minimum absolute atomic E-state index is 0.104. The van der Waals surface area contributed by atoms with E-state index in [1.54, 1.807) is 19.1 Å². The monoisotopic (exact) mass is 396 g/mol. The van der Waals surface area contributed by atoms with Gasteiger partial charge in [-0.05, 0) is 48.0 Å². The Kier molecular flexibility index (Phi) is 4.67. The maximum absolute atomic E-state index is 13.3. The summed E-state index contributed by atoms with van der Waals surface area (Å²) in [6, 6.07) is 9.66. The van der Waals surface area contributed by atoms with Gasteiger partial charge in [-0.3, -0.25) is 0 Å². The Balaban J connectivity index is 1.61. The Morgan fingerprint density at radius 3 is 2.86 bits per heavy atom. The van der Waals surface area contributed by atoms with E-state index in [2.05, 4.69) is 20.7 Å². The number of rotatable bonds is 5. The lowest BCUT2D eigenvalue weighted by atomic mass is 10.1. The van der Waals surface area contributed by atoms with Crippen molar-refractivity contribution in [2.75, 3.05) is 0 Å². The van der Waals surface area contributed by atoms with E-state index in [4.69, 9.17) is 9.36 Å². The van der Waals surface area contributed by atoms with Crippen LogP contribution in [0.3, 0.4) is 0 Å². The predicted molar refractivity (Wildman–Crippen MR) is 102 cm³/mol. The van der Waals surface area contributed by atoms with Crippen molar-refractivity contribution in [1.29, 1.82) is 0 Å². The minimum Gasteiger partial charge on any atom is -0.391 e. The van der Waals surface area contributed by atoms with E-state index >= 15 is 0 Å². The lowest BCUT2D eigenvalue weighted by Gasteiger charge is -2.10. The molecule has 0 fully saturated rings. The lowest BCUT2D eigenvalue weighted by molar-refractivity contribution is 0.130. The van der Waals surface area contributed by atoms with E-state index in [9.17, 15) is 9.18 Å². The molecule has 29 heavy (non-hydrogen) atoms. The molecule has 0 atom stereocenters. The summed E-state index contributed by atoms with van der Waals surface area (Å²) in [4.78, 5) is 17.7. The molecule has 0 aliphatic rings. The number of tetrazole rings is 1. The molecule has 148 valence electrons. The van der Waals surface area contributed by atoms with Gasteiger partial charge in [0.15, 0.2) is 5.58 Å². The first kappa shape index (κ1) is 18.5. The van der Waals surface area contributed by atoms with Gasteiger partial charge in [-0.2, -0.15) is 9.36 Å². The van der Waals surface area contributed by atoms with Gasteiger partial charge in [0.05, 0.1) is 11.1 Å². The molecule has 9 nitrogen and oxygen atoms in total. The summed E-state index contributed by atoms with van der Waals surface area (Å²) in [5, 5.41) is 16.3. The molecule has 2 aromatic heterocycles. The molecule has 2 heterocycles. The molecular weight excluding hydrogens is 379 g/mol. The average Bonchev–Trinajstić information content (AvgIpc) is 3.26.